The lowest BCUT2D eigenvalue weighted by Crippen LogP contribution is -2.43. The minimum atomic E-state index is -3.55. The Morgan fingerprint density at radius 3 is 2.86 bits per heavy atom. The van der Waals surface area contributed by atoms with Gasteiger partial charge in [0.2, 0.25) is 5.91 Å². The van der Waals surface area contributed by atoms with Crippen LogP contribution in [-0.4, -0.2) is 38.3 Å². The highest BCUT2D eigenvalue weighted by Crippen LogP contribution is 2.29. The molecule has 0 aliphatic carbocycles. The number of anilines is 1. The molecule has 1 N–H and O–H groups in total. The van der Waals surface area contributed by atoms with Crippen molar-refractivity contribution in [2.75, 3.05) is 25.0 Å². The van der Waals surface area contributed by atoms with Gasteiger partial charge in [0, 0.05) is 29.7 Å². The summed E-state index contributed by atoms with van der Waals surface area (Å²) in [5.41, 5.74) is 0.660. The van der Waals surface area contributed by atoms with Crippen LogP contribution in [0.1, 0.15) is 31.1 Å². The van der Waals surface area contributed by atoms with Gasteiger partial charge in [0.25, 0.3) is 10.0 Å². The zero-order chi connectivity index (χ0) is 20.1. The van der Waals surface area contributed by atoms with Crippen molar-refractivity contribution in [3.8, 4) is 5.75 Å². The Balaban J connectivity index is 1.66. The van der Waals surface area contributed by atoms with Crippen LogP contribution in [-0.2, 0) is 14.8 Å². The van der Waals surface area contributed by atoms with Crippen molar-refractivity contribution in [2.24, 2.45) is 5.92 Å². The van der Waals surface area contributed by atoms with Crippen LogP contribution in [0.15, 0.2) is 40.6 Å². The zero-order valence-electron chi connectivity index (χ0n) is 16.2. The SMILES string of the molecule is CCCOc1cccc(NC(=O)C2CCCN(S(=O)(=O)c3ccc(C)s3)C2)c1. The van der Waals surface area contributed by atoms with E-state index in [4.69, 9.17) is 4.74 Å². The van der Waals surface area contributed by atoms with Gasteiger partial charge in [-0.25, -0.2) is 8.42 Å². The lowest BCUT2D eigenvalue weighted by molar-refractivity contribution is -0.120. The fourth-order valence-electron chi connectivity index (χ4n) is 3.18. The number of carbonyl (C=O) groups excluding carboxylic acids is 1. The third kappa shape index (κ3) is 4.92. The molecule has 152 valence electrons. The fourth-order valence-corrected chi connectivity index (χ4v) is 6.14. The summed E-state index contributed by atoms with van der Waals surface area (Å²) in [7, 11) is -3.55. The third-order valence-corrected chi connectivity index (χ3v) is 7.97. The molecule has 0 radical (unpaired) electrons. The summed E-state index contributed by atoms with van der Waals surface area (Å²) in [5.74, 6) is 0.181. The fraction of sp³-hybridized carbons (Fsp3) is 0.450. The Bertz CT molecular complexity index is 924. The molecule has 3 rings (SSSR count). The van der Waals surface area contributed by atoms with Crippen molar-refractivity contribution in [1.82, 2.24) is 4.31 Å². The molecule has 0 spiro atoms. The number of thiophene rings is 1. The second-order valence-electron chi connectivity index (χ2n) is 6.93. The minimum absolute atomic E-state index is 0.157. The first-order valence-electron chi connectivity index (χ1n) is 9.50. The molecule has 8 heteroatoms. The molecule has 1 aromatic carbocycles. The van der Waals surface area contributed by atoms with E-state index in [1.54, 1.807) is 18.2 Å². The van der Waals surface area contributed by atoms with Crippen molar-refractivity contribution in [2.45, 2.75) is 37.3 Å². The smallest absolute Gasteiger partial charge is 0.252 e. The molecule has 1 amide bonds. The highest BCUT2D eigenvalue weighted by molar-refractivity contribution is 7.91. The molecular weight excluding hydrogens is 396 g/mol. The van der Waals surface area contributed by atoms with Crippen LogP contribution in [0.5, 0.6) is 5.75 Å². The number of hydrogen-bond acceptors (Lipinski definition) is 5. The molecule has 28 heavy (non-hydrogen) atoms. The Hall–Kier alpha value is -1.90. The topological polar surface area (TPSA) is 75.7 Å². The number of amides is 1. The van der Waals surface area contributed by atoms with Gasteiger partial charge in [-0.2, -0.15) is 4.31 Å². The predicted octanol–water partition coefficient (Wildman–Crippen LogP) is 3.88. The standard InChI is InChI=1S/C20H26N2O4S2/c1-3-12-26-18-8-4-7-17(13-18)21-20(23)16-6-5-11-22(14-16)28(24,25)19-10-9-15(2)27-19/h4,7-10,13,16H,3,5-6,11-12,14H2,1-2H3,(H,21,23). The first-order valence-corrected chi connectivity index (χ1v) is 11.8. The van der Waals surface area contributed by atoms with E-state index in [0.29, 0.717) is 41.6 Å². The summed E-state index contributed by atoms with van der Waals surface area (Å²) in [4.78, 5) is 13.7. The van der Waals surface area contributed by atoms with Crippen molar-refractivity contribution < 1.29 is 17.9 Å². The summed E-state index contributed by atoms with van der Waals surface area (Å²) in [6, 6.07) is 10.7. The van der Waals surface area contributed by atoms with E-state index in [1.165, 1.54) is 15.6 Å². The average molecular weight is 423 g/mol. The first kappa shape index (κ1) is 20.8. The number of piperidine rings is 1. The number of aryl methyl sites for hydroxylation is 1. The van der Waals surface area contributed by atoms with Gasteiger partial charge in [-0.3, -0.25) is 4.79 Å². The van der Waals surface area contributed by atoms with E-state index < -0.39 is 10.0 Å². The summed E-state index contributed by atoms with van der Waals surface area (Å²) >= 11 is 1.26. The average Bonchev–Trinajstić information content (AvgIpc) is 3.14. The number of nitrogens with zero attached hydrogens (tertiary/aromatic N) is 1. The lowest BCUT2D eigenvalue weighted by Gasteiger charge is -2.30. The van der Waals surface area contributed by atoms with Crippen LogP contribution < -0.4 is 10.1 Å². The van der Waals surface area contributed by atoms with Crippen LogP contribution in [0.2, 0.25) is 0 Å². The molecule has 2 aromatic rings. The molecular formula is C20H26N2O4S2. The summed E-state index contributed by atoms with van der Waals surface area (Å²) in [5, 5.41) is 2.91. The molecule has 2 heterocycles. The number of rotatable bonds is 7. The van der Waals surface area contributed by atoms with E-state index in [0.717, 1.165) is 11.3 Å². The monoisotopic (exact) mass is 422 g/mol. The molecule has 6 nitrogen and oxygen atoms in total. The predicted molar refractivity (Wildman–Crippen MR) is 111 cm³/mol. The van der Waals surface area contributed by atoms with E-state index >= 15 is 0 Å². The summed E-state index contributed by atoms with van der Waals surface area (Å²) < 4.78 is 33.1. The second-order valence-corrected chi connectivity index (χ2v) is 10.4. The highest BCUT2D eigenvalue weighted by Gasteiger charge is 2.34. The van der Waals surface area contributed by atoms with Gasteiger partial charge in [-0.1, -0.05) is 13.0 Å². The third-order valence-electron chi connectivity index (χ3n) is 4.64. The molecule has 0 bridgehead atoms. The zero-order valence-corrected chi connectivity index (χ0v) is 17.8. The molecule has 1 aromatic heterocycles. The van der Waals surface area contributed by atoms with Gasteiger partial charge in [0.15, 0.2) is 0 Å². The van der Waals surface area contributed by atoms with Gasteiger partial charge in [0.1, 0.15) is 9.96 Å². The Morgan fingerprint density at radius 2 is 2.14 bits per heavy atom. The first-order chi connectivity index (χ1) is 13.4. The van der Waals surface area contributed by atoms with E-state index in [-0.39, 0.29) is 18.4 Å². The van der Waals surface area contributed by atoms with E-state index in [9.17, 15) is 13.2 Å². The maximum absolute atomic E-state index is 12.9. The molecule has 1 saturated heterocycles. The second kappa shape index (κ2) is 9.07. The van der Waals surface area contributed by atoms with Crippen LogP contribution in [0, 0.1) is 12.8 Å². The molecule has 0 saturated carbocycles. The van der Waals surface area contributed by atoms with E-state index in [2.05, 4.69) is 5.32 Å². The van der Waals surface area contributed by atoms with Crippen molar-refractivity contribution in [3.05, 3.63) is 41.3 Å². The largest absolute Gasteiger partial charge is 0.494 e. The van der Waals surface area contributed by atoms with Crippen LogP contribution in [0.4, 0.5) is 5.69 Å². The number of sulfonamides is 1. The lowest BCUT2D eigenvalue weighted by atomic mass is 9.98. The Morgan fingerprint density at radius 1 is 1.32 bits per heavy atom. The summed E-state index contributed by atoms with van der Waals surface area (Å²) in [6.07, 6.45) is 2.25. The van der Waals surface area contributed by atoms with Crippen molar-refractivity contribution in [1.29, 1.82) is 0 Å². The van der Waals surface area contributed by atoms with Gasteiger partial charge in [0.05, 0.1) is 12.5 Å². The number of hydrogen-bond donors (Lipinski definition) is 1. The number of carbonyl (C=O) groups is 1. The number of ether oxygens (including phenoxy) is 1. The summed E-state index contributed by atoms with van der Waals surface area (Å²) in [6.45, 7) is 5.19. The molecule has 1 fully saturated rings. The minimum Gasteiger partial charge on any atom is -0.494 e. The number of benzene rings is 1. The molecule has 1 aliphatic rings. The normalized spacial score (nSPS) is 18.0. The van der Waals surface area contributed by atoms with Crippen molar-refractivity contribution in [3.63, 3.8) is 0 Å². The van der Waals surface area contributed by atoms with Gasteiger partial charge < -0.3 is 10.1 Å². The van der Waals surface area contributed by atoms with Gasteiger partial charge in [-0.05, 0) is 50.5 Å². The maximum Gasteiger partial charge on any atom is 0.252 e. The Kier molecular flexibility index (Phi) is 6.74. The van der Waals surface area contributed by atoms with Gasteiger partial charge in [-0.15, -0.1) is 11.3 Å². The van der Waals surface area contributed by atoms with Crippen molar-refractivity contribution >= 4 is 33.0 Å². The Labute approximate surface area is 170 Å². The van der Waals surface area contributed by atoms with E-state index in [1.807, 2.05) is 32.0 Å². The molecule has 1 atom stereocenters. The molecule has 1 unspecified atom stereocenters. The maximum atomic E-state index is 12.9. The number of nitrogens with one attached hydrogen (secondary N) is 1. The van der Waals surface area contributed by atoms with Crippen LogP contribution >= 0.6 is 11.3 Å². The van der Waals surface area contributed by atoms with Crippen LogP contribution in [0.3, 0.4) is 0 Å². The molecule has 1 aliphatic heterocycles. The highest BCUT2D eigenvalue weighted by atomic mass is 32.2. The van der Waals surface area contributed by atoms with Crippen LogP contribution in [0.25, 0.3) is 0 Å². The van der Waals surface area contributed by atoms with Gasteiger partial charge >= 0.3 is 0 Å². The quantitative estimate of drug-likeness (QED) is 0.735.